The fraction of sp³-hybridized carbons (Fsp3) is 0.167. The highest BCUT2D eigenvalue weighted by molar-refractivity contribution is 5.99. The van der Waals surface area contributed by atoms with E-state index in [0.29, 0.717) is 0 Å². The lowest BCUT2D eigenvalue weighted by molar-refractivity contribution is -0.111. The number of hydrogen-bond donors (Lipinski definition) is 1. The van der Waals surface area contributed by atoms with Crippen LogP contribution in [0.5, 0.6) is 11.5 Å². The van der Waals surface area contributed by atoms with Gasteiger partial charge < -0.3 is 14.8 Å². The molecule has 1 N–H and O–H groups in total. The maximum atomic E-state index is 11.9. The van der Waals surface area contributed by atoms with Crippen molar-refractivity contribution in [3.63, 3.8) is 0 Å². The number of nitrogens with zero attached hydrogens (tertiary/aromatic N) is 1. The van der Waals surface area contributed by atoms with Crippen LogP contribution >= 0.6 is 0 Å². The number of ether oxygens (including phenoxy) is 2. The average molecular weight is 388 g/mol. The maximum Gasteiger partial charge on any atom is 0.248 e. The van der Waals surface area contributed by atoms with E-state index >= 15 is 0 Å². The summed E-state index contributed by atoms with van der Waals surface area (Å²) in [4.78, 5) is 16.7. The Labute approximate surface area is 171 Å². The summed E-state index contributed by atoms with van der Waals surface area (Å²) in [6.07, 6.45) is 1.57. The quantitative estimate of drug-likeness (QED) is 0.579. The molecule has 0 bridgehead atoms. The van der Waals surface area contributed by atoms with Gasteiger partial charge in [-0.3, -0.25) is 4.79 Å². The maximum absolute atomic E-state index is 11.9. The molecule has 0 radical (unpaired) electrons. The topological polar surface area (TPSA) is 60.5 Å². The van der Waals surface area contributed by atoms with Crippen molar-refractivity contribution in [2.75, 3.05) is 19.5 Å². The van der Waals surface area contributed by atoms with Crippen molar-refractivity contribution in [2.24, 2.45) is 0 Å². The minimum Gasteiger partial charge on any atom is -0.497 e. The van der Waals surface area contributed by atoms with Crippen molar-refractivity contribution < 1.29 is 14.3 Å². The van der Waals surface area contributed by atoms with Crippen LogP contribution in [0.3, 0.4) is 0 Å². The fourth-order valence-corrected chi connectivity index (χ4v) is 2.92. The van der Waals surface area contributed by atoms with Gasteiger partial charge in [-0.05, 0) is 56.3 Å². The minimum atomic E-state index is -0.136. The first-order valence-corrected chi connectivity index (χ1v) is 9.26. The lowest BCUT2D eigenvalue weighted by Gasteiger charge is -2.11. The lowest BCUT2D eigenvalue weighted by atomic mass is 10.1. The van der Waals surface area contributed by atoms with E-state index in [1.54, 1.807) is 20.3 Å². The standard InChI is InChI=1S/C24H24N2O3/c1-16(2)14-24(27)25-18-10-8-17(9-11-18)21-6-5-7-22(26-21)20-15-19(28-3)12-13-23(20)29-4/h5-15H,1-4H3,(H,25,27). The third-order valence-electron chi connectivity index (χ3n) is 4.30. The van der Waals surface area contributed by atoms with Gasteiger partial charge in [-0.1, -0.05) is 23.8 Å². The Morgan fingerprint density at radius 2 is 1.66 bits per heavy atom. The average Bonchev–Trinajstić information content (AvgIpc) is 2.73. The van der Waals surface area contributed by atoms with E-state index in [0.717, 1.165) is 45.3 Å². The van der Waals surface area contributed by atoms with Gasteiger partial charge in [0.25, 0.3) is 0 Å². The molecule has 0 aliphatic rings. The van der Waals surface area contributed by atoms with Crippen LogP contribution in [0.2, 0.25) is 0 Å². The van der Waals surface area contributed by atoms with Crippen LogP contribution in [-0.2, 0) is 4.79 Å². The van der Waals surface area contributed by atoms with Gasteiger partial charge in [-0.25, -0.2) is 4.98 Å². The van der Waals surface area contributed by atoms with Crippen LogP contribution in [0.15, 0.2) is 72.3 Å². The van der Waals surface area contributed by atoms with Gasteiger partial charge >= 0.3 is 0 Å². The molecule has 1 amide bonds. The zero-order chi connectivity index (χ0) is 20.8. The molecule has 0 aliphatic heterocycles. The summed E-state index contributed by atoms with van der Waals surface area (Å²) in [5.41, 5.74) is 5.12. The molecular formula is C24H24N2O3. The number of amides is 1. The molecule has 2 aromatic carbocycles. The van der Waals surface area contributed by atoms with Gasteiger partial charge in [-0.2, -0.15) is 0 Å². The van der Waals surface area contributed by atoms with Crippen molar-refractivity contribution >= 4 is 11.6 Å². The first kappa shape index (κ1) is 20.1. The Hall–Kier alpha value is -3.60. The molecule has 0 fully saturated rings. The summed E-state index contributed by atoms with van der Waals surface area (Å²) in [6, 6.07) is 19.1. The van der Waals surface area contributed by atoms with Gasteiger partial charge in [0.15, 0.2) is 0 Å². The van der Waals surface area contributed by atoms with Crippen molar-refractivity contribution in [2.45, 2.75) is 13.8 Å². The predicted molar refractivity (Wildman–Crippen MR) is 116 cm³/mol. The van der Waals surface area contributed by atoms with Crippen LogP contribution < -0.4 is 14.8 Å². The summed E-state index contributed by atoms with van der Waals surface area (Å²) in [5, 5.41) is 2.85. The fourth-order valence-electron chi connectivity index (χ4n) is 2.92. The molecule has 0 saturated heterocycles. The molecular weight excluding hydrogens is 364 g/mol. The van der Waals surface area contributed by atoms with Crippen LogP contribution in [0.1, 0.15) is 13.8 Å². The SMILES string of the molecule is COc1ccc(OC)c(-c2cccc(-c3ccc(NC(=O)C=C(C)C)cc3)n2)c1. The zero-order valence-electron chi connectivity index (χ0n) is 17.0. The van der Waals surface area contributed by atoms with Crippen LogP contribution in [-0.4, -0.2) is 25.1 Å². The minimum absolute atomic E-state index is 0.136. The number of pyridine rings is 1. The second-order valence-corrected chi connectivity index (χ2v) is 6.76. The molecule has 3 aromatic rings. The third-order valence-corrected chi connectivity index (χ3v) is 4.30. The number of anilines is 1. The molecule has 0 unspecified atom stereocenters. The number of benzene rings is 2. The molecule has 0 spiro atoms. The van der Waals surface area contributed by atoms with Gasteiger partial charge in [0, 0.05) is 22.9 Å². The smallest absolute Gasteiger partial charge is 0.248 e. The van der Waals surface area contributed by atoms with E-state index in [9.17, 15) is 4.79 Å². The van der Waals surface area contributed by atoms with E-state index in [4.69, 9.17) is 14.5 Å². The molecule has 0 saturated carbocycles. The first-order valence-electron chi connectivity index (χ1n) is 9.26. The van der Waals surface area contributed by atoms with Crippen LogP contribution in [0, 0.1) is 0 Å². The van der Waals surface area contributed by atoms with Crippen molar-refractivity contribution in [1.29, 1.82) is 0 Å². The van der Waals surface area contributed by atoms with E-state index in [2.05, 4.69) is 5.32 Å². The number of methoxy groups -OCH3 is 2. The summed E-state index contributed by atoms with van der Waals surface area (Å²) in [5.74, 6) is 1.33. The number of nitrogens with one attached hydrogen (secondary N) is 1. The second-order valence-electron chi connectivity index (χ2n) is 6.76. The van der Waals surface area contributed by atoms with E-state index < -0.39 is 0 Å². The Balaban J connectivity index is 1.89. The summed E-state index contributed by atoms with van der Waals surface area (Å²) in [7, 11) is 3.27. The normalized spacial score (nSPS) is 10.2. The first-order chi connectivity index (χ1) is 14.0. The van der Waals surface area contributed by atoms with Crippen molar-refractivity contribution in [3.8, 4) is 34.0 Å². The Morgan fingerprint density at radius 1 is 0.931 bits per heavy atom. The summed E-state index contributed by atoms with van der Waals surface area (Å²) < 4.78 is 10.8. The molecule has 148 valence electrons. The van der Waals surface area contributed by atoms with Crippen molar-refractivity contribution in [3.05, 3.63) is 72.3 Å². The summed E-state index contributed by atoms with van der Waals surface area (Å²) in [6.45, 7) is 3.78. The monoisotopic (exact) mass is 388 g/mol. The Bertz CT molecular complexity index is 1040. The number of carbonyl (C=O) groups is 1. The third kappa shape index (κ3) is 5.02. The highest BCUT2D eigenvalue weighted by atomic mass is 16.5. The number of carbonyl (C=O) groups excluding carboxylic acids is 1. The van der Waals surface area contributed by atoms with Gasteiger partial charge in [0.1, 0.15) is 11.5 Å². The van der Waals surface area contributed by atoms with E-state index in [-0.39, 0.29) is 5.91 Å². The molecule has 5 heteroatoms. The largest absolute Gasteiger partial charge is 0.497 e. The molecule has 0 aliphatic carbocycles. The number of hydrogen-bond acceptors (Lipinski definition) is 4. The Kier molecular flexibility index (Phi) is 6.29. The number of rotatable bonds is 6. The van der Waals surface area contributed by atoms with Crippen LogP contribution in [0.4, 0.5) is 5.69 Å². The highest BCUT2D eigenvalue weighted by Crippen LogP contribution is 2.33. The lowest BCUT2D eigenvalue weighted by Crippen LogP contribution is -2.08. The van der Waals surface area contributed by atoms with E-state index in [1.165, 1.54) is 0 Å². The Morgan fingerprint density at radius 3 is 2.31 bits per heavy atom. The zero-order valence-corrected chi connectivity index (χ0v) is 17.0. The highest BCUT2D eigenvalue weighted by Gasteiger charge is 2.10. The molecule has 0 atom stereocenters. The van der Waals surface area contributed by atoms with Gasteiger partial charge in [0.05, 0.1) is 25.6 Å². The van der Waals surface area contributed by atoms with Gasteiger partial charge in [0.2, 0.25) is 5.91 Å². The molecule has 1 heterocycles. The van der Waals surface area contributed by atoms with E-state index in [1.807, 2.05) is 74.5 Å². The number of aromatic nitrogens is 1. The number of allylic oxidation sites excluding steroid dienone is 1. The molecule has 5 nitrogen and oxygen atoms in total. The second kappa shape index (κ2) is 9.06. The van der Waals surface area contributed by atoms with Crippen molar-refractivity contribution in [1.82, 2.24) is 4.98 Å². The van der Waals surface area contributed by atoms with Gasteiger partial charge in [-0.15, -0.1) is 0 Å². The summed E-state index contributed by atoms with van der Waals surface area (Å²) >= 11 is 0. The molecule has 3 rings (SSSR count). The molecule has 1 aromatic heterocycles. The molecule has 29 heavy (non-hydrogen) atoms. The van der Waals surface area contributed by atoms with Crippen LogP contribution in [0.25, 0.3) is 22.5 Å². The predicted octanol–water partition coefficient (Wildman–Crippen LogP) is 5.34.